The highest BCUT2D eigenvalue weighted by atomic mass is 32.2. The number of aromatic nitrogens is 2. The number of hydrogen-bond donors (Lipinski definition) is 2. The van der Waals surface area contributed by atoms with Crippen LogP contribution in [0.25, 0.3) is 22.0 Å². The van der Waals surface area contributed by atoms with E-state index in [9.17, 15) is 23.1 Å². The highest BCUT2D eigenvalue weighted by Gasteiger charge is 2.48. The summed E-state index contributed by atoms with van der Waals surface area (Å²) in [4.78, 5) is 28.9. The molecular weight excluding hydrogens is 406 g/mol. The number of nitrogens with zero attached hydrogens (tertiary/aromatic N) is 2. The van der Waals surface area contributed by atoms with Crippen LogP contribution >= 0.6 is 0 Å². The Hall–Kier alpha value is -3.04. The van der Waals surface area contributed by atoms with Crippen molar-refractivity contribution in [3.05, 3.63) is 64.7 Å². The van der Waals surface area contributed by atoms with Crippen molar-refractivity contribution in [2.75, 3.05) is 6.26 Å². The Labute approximate surface area is 173 Å². The number of aliphatic hydroxyl groups excluding tert-OH is 1. The summed E-state index contributed by atoms with van der Waals surface area (Å²) in [7, 11) is -4.04. The lowest BCUT2D eigenvalue weighted by molar-refractivity contribution is -0.123. The molecule has 0 aliphatic rings. The Morgan fingerprint density at radius 2 is 1.80 bits per heavy atom. The first-order valence-electron chi connectivity index (χ1n) is 9.19. The van der Waals surface area contributed by atoms with E-state index >= 15 is 0 Å². The van der Waals surface area contributed by atoms with Gasteiger partial charge >= 0.3 is 0 Å². The molecule has 0 saturated heterocycles. The molecule has 8 nitrogen and oxygen atoms in total. The number of fused-ring (bicyclic) bond motifs is 1. The average Bonchev–Trinajstić information content (AvgIpc) is 2.68. The van der Waals surface area contributed by atoms with Crippen LogP contribution in [0.5, 0.6) is 0 Å². The first-order chi connectivity index (χ1) is 13.9. The number of sulfone groups is 1. The number of carbonyl (C=O) groups excluding carboxylic acids is 1. The first kappa shape index (κ1) is 21.7. The number of aryl methyl sites for hydroxylation is 1. The minimum absolute atomic E-state index is 0.306. The van der Waals surface area contributed by atoms with E-state index in [1.54, 1.807) is 18.2 Å². The predicted octanol–water partition coefficient (Wildman–Crippen LogP) is 1.02. The van der Waals surface area contributed by atoms with Gasteiger partial charge in [-0.3, -0.25) is 14.2 Å². The van der Waals surface area contributed by atoms with Crippen LogP contribution in [0.15, 0.2) is 53.6 Å². The zero-order valence-electron chi connectivity index (χ0n) is 16.9. The minimum atomic E-state index is -4.04. The van der Waals surface area contributed by atoms with Gasteiger partial charge < -0.3 is 10.8 Å². The van der Waals surface area contributed by atoms with E-state index in [1.165, 1.54) is 6.33 Å². The maximum absolute atomic E-state index is 12.8. The summed E-state index contributed by atoms with van der Waals surface area (Å²) in [6.45, 7) is 2.59. The molecule has 1 heterocycles. The molecule has 0 aliphatic heterocycles. The lowest BCUT2D eigenvalue weighted by atomic mass is 10.0. The van der Waals surface area contributed by atoms with Gasteiger partial charge in [0.15, 0.2) is 14.6 Å². The number of hydrogen-bond acceptors (Lipinski definition) is 6. The summed E-state index contributed by atoms with van der Waals surface area (Å²) in [5.41, 5.74) is 8.25. The lowest BCUT2D eigenvalue weighted by Gasteiger charge is -2.29. The molecule has 3 aromatic rings. The van der Waals surface area contributed by atoms with Gasteiger partial charge in [-0.2, -0.15) is 0 Å². The van der Waals surface area contributed by atoms with Gasteiger partial charge in [0.25, 0.3) is 5.56 Å². The Morgan fingerprint density at radius 1 is 1.20 bits per heavy atom. The number of primary amides is 1. The molecule has 0 aliphatic carbocycles. The summed E-state index contributed by atoms with van der Waals surface area (Å²) in [6, 6.07) is 13.1. The topological polar surface area (TPSA) is 132 Å². The van der Waals surface area contributed by atoms with Gasteiger partial charge in [-0.05, 0) is 37.1 Å². The Bertz CT molecular complexity index is 1280. The molecule has 3 N–H and O–H groups in total. The Balaban J connectivity index is 2.00. The molecule has 158 valence electrons. The van der Waals surface area contributed by atoms with Gasteiger partial charge in [-0.25, -0.2) is 13.4 Å². The molecular formula is C21H23N3O5S. The van der Waals surface area contributed by atoms with Crippen LogP contribution in [0.3, 0.4) is 0 Å². The lowest BCUT2D eigenvalue weighted by Crippen LogP contribution is -2.57. The fourth-order valence-corrected chi connectivity index (χ4v) is 4.10. The quantitative estimate of drug-likeness (QED) is 0.601. The molecule has 30 heavy (non-hydrogen) atoms. The van der Waals surface area contributed by atoms with Crippen LogP contribution in [-0.2, 0) is 21.2 Å². The minimum Gasteiger partial charge on any atom is -0.389 e. The van der Waals surface area contributed by atoms with Crippen molar-refractivity contribution in [3.63, 3.8) is 0 Å². The number of nitrogens with two attached hydrogens (primary N) is 1. The largest absolute Gasteiger partial charge is 0.389 e. The summed E-state index contributed by atoms with van der Waals surface area (Å²) in [5.74, 6) is -1.19. The SMILES string of the molecule is Cc1ccc(-c2ccc3c(=O)n(CC(O)C(C)(C(N)=O)S(C)(=O)=O)cnc3c2)cc1. The van der Waals surface area contributed by atoms with Gasteiger partial charge in [0.2, 0.25) is 5.91 Å². The molecule has 3 rings (SSSR count). The molecule has 2 aromatic carbocycles. The molecule has 2 atom stereocenters. The Morgan fingerprint density at radius 3 is 2.37 bits per heavy atom. The van der Waals surface area contributed by atoms with Crippen molar-refractivity contribution in [2.24, 2.45) is 5.73 Å². The van der Waals surface area contributed by atoms with Gasteiger partial charge in [-0.15, -0.1) is 0 Å². The van der Waals surface area contributed by atoms with Crippen LogP contribution in [-0.4, -0.2) is 46.1 Å². The zero-order chi connectivity index (χ0) is 22.3. The number of rotatable bonds is 6. The number of amides is 1. The second-order valence-corrected chi connectivity index (χ2v) is 9.95. The predicted molar refractivity (Wildman–Crippen MR) is 115 cm³/mol. The van der Waals surface area contributed by atoms with Gasteiger partial charge in [0, 0.05) is 6.26 Å². The van der Waals surface area contributed by atoms with Gasteiger partial charge in [0.05, 0.1) is 23.8 Å². The molecule has 0 radical (unpaired) electrons. The third kappa shape index (κ3) is 3.73. The average molecular weight is 429 g/mol. The van der Waals surface area contributed by atoms with Crippen molar-refractivity contribution in [3.8, 4) is 11.1 Å². The number of carbonyl (C=O) groups is 1. The van der Waals surface area contributed by atoms with Crippen LogP contribution in [0.2, 0.25) is 0 Å². The standard InChI is InChI=1S/C21H23N3O5S/c1-13-4-6-14(7-5-13)15-8-9-16-17(10-15)23-12-24(19(16)26)11-18(25)21(2,20(22)27)30(3,28)29/h4-10,12,18,25H,11H2,1-3H3,(H2,22,27). The zero-order valence-corrected chi connectivity index (χ0v) is 17.7. The molecule has 0 bridgehead atoms. The smallest absolute Gasteiger partial charge is 0.261 e. The van der Waals surface area contributed by atoms with Crippen LogP contribution in [0, 0.1) is 6.92 Å². The monoisotopic (exact) mass is 429 g/mol. The van der Waals surface area contributed by atoms with E-state index in [1.807, 2.05) is 31.2 Å². The van der Waals surface area contributed by atoms with E-state index in [0.717, 1.165) is 34.4 Å². The Kier molecular flexibility index (Phi) is 5.53. The van der Waals surface area contributed by atoms with Crippen molar-refractivity contribution >= 4 is 26.6 Å². The van der Waals surface area contributed by atoms with Crippen molar-refractivity contribution in [2.45, 2.75) is 31.2 Å². The maximum Gasteiger partial charge on any atom is 0.261 e. The van der Waals surface area contributed by atoms with Gasteiger partial charge in [-0.1, -0.05) is 35.9 Å². The fourth-order valence-electron chi connectivity index (χ4n) is 3.17. The molecule has 2 unspecified atom stereocenters. The third-order valence-electron chi connectivity index (χ3n) is 5.48. The maximum atomic E-state index is 12.8. The van der Waals surface area contributed by atoms with Crippen LogP contribution < -0.4 is 11.3 Å². The van der Waals surface area contributed by atoms with Crippen molar-refractivity contribution in [1.29, 1.82) is 0 Å². The van der Waals surface area contributed by atoms with E-state index in [0.29, 0.717) is 10.9 Å². The number of aliphatic hydroxyl groups is 1. The first-order valence-corrected chi connectivity index (χ1v) is 11.1. The highest BCUT2D eigenvalue weighted by Crippen LogP contribution is 2.24. The molecule has 0 spiro atoms. The van der Waals surface area contributed by atoms with E-state index in [2.05, 4.69) is 4.98 Å². The summed E-state index contributed by atoms with van der Waals surface area (Å²) < 4.78 is 22.9. The fraction of sp³-hybridized carbons (Fsp3) is 0.286. The summed E-state index contributed by atoms with van der Waals surface area (Å²) in [6.07, 6.45) is 0.305. The summed E-state index contributed by atoms with van der Waals surface area (Å²) in [5, 5.41) is 10.8. The molecule has 1 amide bonds. The molecule has 0 saturated carbocycles. The summed E-state index contributed by atoms with van der Waals surface area (Å²) >= 11 is 0. The molecule has 0 fully saturated rings. The van der Waals surface area contributed by atoms with E-state index in [-0.39, 0.29) is 0 Å². The van der Waals surface area contributed by atoms with E-state index in [4.69, 9.17) is 5.73 Å². The van der Waals surface area contributed by atoms with Crippen molar-refractivity contribution < 1.29 is 18.3 Å². The molecule has 9 heteroatoms. The van der Waals surface area contributed by atoms with E-state index < -0.39 is 38.7 Å². The second kappa shape index (κ2) is 7.66. The highest BCUT2D eigenvalue weighted by molar-refractivity contribution is 7.92. The van der Waals surface area contributed by atoms with Crippen molar-refractivity contribution in [1.82, 2.24) is 9.55 Å². The van der Waals surface area contributed by atoms with Crippen LogP contribution in [0.4, 0.5) is 0 Å². The van der Waals surface area contributed by atoms with Crippen LogP contribution in [0.1, 0.15) is 12.5 Å². The third-order valence-corrected chi connectivity index (χ3v) is 7.49. The number of benzene rings is 2. The second-order valence-electron chi connectivity index (χ2n) is 7.56. The molecule has 1 aromatic heterocycles. The normalized spacial score (nSPS) is 14.9. The van der Waals surface area contributed by atoms with Gasteiger partial charge in [0.1, 0.15) is 6.10 Å².